The summed E-state index contributed by atoms with van der Waals surface area (Å²) in [6.07, 6.45) is 2.09. The summed E-state index contributed by atoms with van der Waals surface area (Å²) in [6.45, 7) is 5.92. The Labute approximate surface area is 184 Å². The average molecular weight is 436 g/mol. The van der Waals surface area contributed by atoms with E-state index in [1.54, 1.807) is 23.7 Å². The molecule has 2 aromatic heterocycles. The van der Waals surface area contributed by atoms with E-state index in [0.717, 1.165) is 62.5 Å². The van der Waals surface area contributed by atoms with Crippen molar-refractivity contribution in [2.45, 2.75) is 12.8 Å². The van der Waals surface area contributed by atoms with Gasteiger partial charge in [0.15, 0.2) is 0 Å². The smallest absolute Gasteiger partial charge is 0.336 e. The van der Waals surface area contributed by atoms with Crippen LogP contribution in [-0.4, -0.2) is 48.6 Å². The van der Waals surface area contributed by atoms with Crippen molar-refractivity contribution in [1.82, 2.24) is 9.27 Å². The Balaban J connectivity index is 1.05. The van der Waals surface area contributed by atoms with Crippen molar-refractivity contribution in [2.75, 3.05) is 44.2 Å². The molecule has 0 spiro atoms. The van der Waals surface area contributed by atoms with Crippen molar-refractivity contribution >= 4 is 38.4 Å². The summed E-state index contributed by atoms with van der Waals surface area (Å²) in [5.74, 6) is 1.88. The van der Waals surface area contributed by atoms with Crippen molar-refractivity contribution in [3.05, 3.63) is 65.0 Å². The Morgan fingerprint density at radius 1 is 1.00 bits per heavy atom. The third-order valence-corrected chi connectivity index (χ3v) is 6.58. The van der Waals surface area contributed by atoms with E-state index >= 15 is 0 Å². The van der Waals surface area contributed by atoms with E-state index in [-0.39, 0.29) is 5.63 Å². The summed E-state index contributed by atoms with van der Waals surface area (Å²) in [7, 11) is 0. The van der Waals surface area contributed by atoms with Gasteiger partial charge in [0.1, 0.15) is 17.2 Å². The number of hydrogen-bond acceptors (Lipinski definition) is 7. The zero-order chi connectivity index (χ0) is 21.0. The maximum Gasteiger partial charge on any atom is 0.336 e. The second kappa shape index (κ2) is 9.08. The number of unbranched alkanes of at least 4 members (excludes halogenated alkanes) is 1. The Morgan fingerprint density at radius 2 is 1.84 bits per heavy atom. The Hall–Kier alpha value is -2.90. The number of piperazine rings is 1. The summed E-state index contributed by atoms with van der Waals surface area (Å²) >= 11 is 1.59. The minimum atomic E-state index is -0.340. The van der Waals surface area contributed by atoms with Crippen molar-refractivity contribution < 1.29 is 9.15 Å². The normalized spacial score (nSPS) is 15.0. The molecule has 0 unspecified atom stereocenters. The molecule has 1 aliphatic heterocycles. The Morgan fingerprint density at radius 3 is 2.74 bits per heavy atom. The average Bonchev–Trinajstić information content (AvgIpc) is 3.23. The van der Waals surface area contributed by atoms with Crippen molar-refractivity contribution in [2.24, 2.45) is 0 Å². The maximum absolute atomic E-state index is 11.4. The number of benzene rings is 2. The largest absolute Gasteiger partial charge is 0.493 e. The molecule has 5 rings (SSSR count). The number of fused-ring (bicyclic) bond motifs is 2. The van der Waals surface area contributed by atoms with Crippen LogP contribution in [0.2, 0.25) is 0 Å². The number of rotatable bonds is 7. The fraction of sp³-hybridized carbons (Fsp3) is 0.333. The highest BCUT2D eigenvalue weighted by Crippen LogP contribution is 2.29. The summed E-state index contributed by atoms with van der Waals surface area (Å²) in [5.41, 5.74) is 0.225. The molecule has 160 valence electrons. The predicted octanol–water partition coefficient (Wildman–Crippen LogP) is 4.38. The summed E-state index contributed by atoms with van der Waals surface area (Å²) < 4.78 is 17.0. The van der Waals surface area contributed by atoms with Gasteiger partial charge in [-0.1, -0.05) is 12.1 Å². The monoisotopic (exact) mass is 435 g/mol. The molecule has 7 heteroatoms. The van der Waals surface area contributed by atoms with Gasteiger partial charge in [0.2, 0.25) is 0 Å². The lowest BCUT2D eigenvalue weighted by molar-refractivity contribution is 0.238. The maximum atomic E-state index is 11.4. The molecule has 0 saturated carbocycles. The lowest BCUT2D eigenvalue weighted by atomic mass is 10.2. The van der Waals surface area contributed by atoms with Crippen molar-refractivity contribution in [3.8, 4) is 5.75 Å². The fourth-order valence-electron chi connectivity index (χ4n) is 4.04. The van der Waals surface area contributed by atoms with E-state index in [2.05, 4.69) is 34.1 Å². The third kappa shape index (κ3) is 4.57. The Bertz CT molecular complexity index is 1230. The van der Waals surface area contributed by atoms with E-state index < -0.39 is 0 Å². The van der Waals surface area contributed by atoms with Crippen LogP contribution in [0.3, 0.4) is 0 Å². The van der Waals surface area contributed by atoms with E-state index in [1.165, 1.54) is 16.2 Å². The van der Waals surface area contributed by atoms with Gasteiger partial charge < -0.3 is 14.1 Å². The molecule has 0 amide bonds. The standard InChI is InChI=1S/C24H25N3O3S/c28-23-10-8-18-7-9-19(17-21(18)30-23)29-16-4-3-11-26-12-14-27(15-13-26)24-20-5-1-2-6-22(20)31-25-24/h1-2,5-10,17H,3-4,11-16H2. The first-order chi connectivity index (χ1) is 15.3. The van der Waals surface area contributed by atoms with Crippen LogP contribution in [0.1, 0.15) is 12.8 Å². The number of nitrogens with zero attached hydrogens (tertiary/aromatic N) is 3. The van der Waals surface area contributed by atoms with Gasteiger partial charge in [-0.3, -0.25) is 4.90 Å². The van der Waals surface area contributed by atoms with Gasteiger partial charge >= 0.3 is 5.63 Å². The highest BCUT2D eigenvalue weighted by atomic mass is 32.1. The van der Waals surface area contributed by atoms with Crippen LogP contribution in [0.15, 0.2) is 63.8 Å². The molecule has 0 atom stereocenters. The molecule has 31 heavy (non-hydrogen) atoms. The van der Waals surface area contributed by atoms with Crippen LogP contribution in [0.25, 0.3) is 21.1 Å². The summed E-state index contributed by atoms with van der Waals surface area (Å²) in [6, 6.07) is 17.3. The first kappa shape index (κ1) is 20.0. The van der Waals surface area contributed by atoms with Crippen LogP contribution in [-0.2, 0) is 0 Å². The van der Waals surface area contributed by atoms with Crippen molar-refractivity contribution in [1.29, 1.82) is 0 Å². The molecule has 1 aliphatic rings. The van der Waals surface area contributed by atoms with E-state index in [4.69, 9.17) is 13.5 Å². The Kier molecular flexibility index (Phi) is 5.86. The molecule has 0 aliphatic carbocycles. The molecular weight excluding hydrogens is 410 g/mol. The van der Waals surface area contributed by atoms with Crippen molar-refractivity contribution in [3.63, 3.8) is 0 Å². The van der Waals surface area contributed by atoms with Gasteiger partial charge in [-0.05, 0) is 61.3 Å². The van der Waals surface area contributed by atoms with Gasteiger partial charge in [0, 0.05) is 49.1 Å². The highest BCUT2D eigenvalue weighted by Gasteiger charge is 2.20. The fourth-order valence-corrected chi connectivity index (χ4v) is 4.84. The van der Waals surface area contributed by atoms with Crippen LogP contribution in [0.4, 0.5) is 5.82 Å². The third-order valence-electron chi connectivity index (χ3n) is 5.76. The summed E-state index contributed by atoms with van der Waals surface area (Å²) in [5, 5.41) is 2.17. The predicted molar refractivity (Wildman–Crippen MR) is 125 cm³/mol. The molecule has 1 saturated heterocycles. The molecular formula is C24H25N3O3S. The van der Waals surface area contributed by atoms with Crippen LogP contribution < -0.4 is 15.3 Å². The highest BCUT2D eigenvalue weighted by molar-refractivity contribution is 7.13. The van der Waals surface area contributed by atoms with E-state index in [1.807, 2.05) is 12.1 Å². The molecule has 3 heterocycles. The molecule has 4 aromatic rings. The molecule has 0 N–H and O–H groups in total. The zero-order valence-corrected chi connectivity index (χ0v) is 18.1. The lowest BCUT2D eigenvalue weighted by Gasteiger charge is -2.35. The SMILES string of the molecule is O=c1ccc2ccc(OCCCCN3CCN(c4nsc5ccccc45)CC3)cc2o1. The lowest BCUT2D eigenvalue weighted by Crippen LogP contribution is -2.46. The van der Waals surface area contributed by atoms with Crippen LogP contribution >= 0.6 is 11.5 Å². The quantitative estimate of drug-likeness (QED) is 0.317. The first-order valence-corrected chi connectivity index (χ1v) is 11.5. The number of aromatic nitrogens is 1. The number of hydrogen-bond donors (Lipinski definition) is 0. The minimum Gasteiger partial charge on any atom is -0.493 e. The molecule has 6 nitrogen and oxygen atoms in total. The first-order valence-electron chi connectivity index (χ1n) is 10.7. The van der Waals surface area contributed by atoms with Gasteiger partial charge in [0.25, 0.3) is 0 Å². The zero-order valence-electron chi connectivity index (χ0n) is 17.3. The van der Waals surface area contributed by atoms with Gasteiger partial charge in [-0.2, -0.15) is 4.37 Å². The molecule has 0 bridgehead atoms. The van der Waals surface area contributed by atoms with Gasteiger partial charge in [-0.25, -0.2) is 4.79 Å². The molecule has 0 radical (unpaired) electrons. The minimum absolute atomic E-state index is 0.340. The topological polar surface area (TPSA) is 58.8 Å². The number of anilines is 1. The van der Waals surface area contributed by atoms with E-state index in [9.17, 15) is 4.79 Å². The molecule has 2 aromatic carbocycles. The molecule has 1 fully saturated rings. The summed E-state index contributed by atoms with van der Waals surface area (Å²) in [4.78, 5) is 16.3. The van der Waals surface area contributed by atoms with Crippen LogP contribution in [0, 0.1) is 0 Å². The van der Waals surface area contributed by atoms with E-state index in [0.29, 0.717) is 12.2 Å². The van der Waals surface area contributed by atoms with Gasteiger partial charge in [-0.15, -0.1) is 0 Å². The van der Waals surface area contributed by atoms with Crippen LogP contribution in [0.5, 0.6) is 5.75 Å². The van der Waals surface area contributed by atoms with Gasteiger partial charge in [0.05, 0.1) is 11.3 Å². The second-order valence-electron chi connectivity index (χ2n) is 7.84. The number of ether oxygens (including phenoxy) is 1. The second-order valence-corrected chi connectivity index (χ2v) is 8.65.